The molecule has 0 bridgehead atoms. The van der Waals surface area contributed by atoms with Gasteiger partial charge in [-0.05, 0) is 34.6 Å². The summed E-state index contributed by atoms with van der Waals surface area (Å²) in [7, 11) is 0. The molecule has 3 aromatic rings. The third kappa shape index (κ3) is 4.33. The number of hydrogen-bond donors (Lipinski definition) is 2. The van der Waals surface area contributed by atoms with Crippen molar-refractivity contribution in [2.75, 3.05) is 5.75 Å². The molecule has 2 atom stereocenters. The zero-order valence-corrected chi connectivity index (χ0v) is 20.5. The van der Waals surface area contributed by atoms with E-state index in [1.807, 2.05) is 17.5 Å². The highest BCUT2D eigenvalue weighted by Gasteiger charge is 2.53. The highest BCUT2D eigenvalue weighted by atomic mass is 32.2. The number of amides is 2. The topological polar surface area (TPSA) is 117 Å². The van der Waals surface area contributed by atoms with E-state index in [1.165, 1.54) is 63.4 Å². The van der Waals surface area contributed by atoms with Gasteiger partial charge in [-0.15, -0.1) is 34.4 Å². The van der Waals surface area contributed by atoms with Gasteiger partial charge in [0.1, 0.15) is 17.1 Å². The Morgan fingerprint density at radius 2 is 2.18 bits per heavy atom. The van der Waals surface area contributed by atoms with Crippen molar-refractivity contribution in [2.24, 2.45) is 0 Å². The van der Waals surface area contributed by atoms with Gasteiger partial charge in [0.25, 0.3) is 5.91 Å². The third-order valence-electron chi connectivity index (χ3n) is 5.20. The summed E-state index contributed by atoms with van der Waals surface area (Å²) in [6.45, 7) is 0. The molecule has 1 saturated heterocycles. The van der Waals surface area contributed by atoms with Crippen LogP contribution in [0.15, 0.2) is 72.1 Å². The first-order valence-electron chi connectivity index (χ1n) is 10.00. The third-order valence-corrected chi connectivity index (χ3v) is 9.40. The lowest BCUT2D eigenvalue weighted by molar-refractivity contribution is -0.150. The number of hydrogen-bond acceptors (Lipinski definition) is 9. The first-order chi connectivity index (χ1) is 16.4. The summed E-state index contributed by atoms with van der Waals surface area (Å²) in [5, 5.41) is 15.7. The maximum Gasteiger partial charge on any atom is 0.352 e. The van der Waals surface area contributed by atoms with Gasteiger partial charge in [-0.3, -0.25) is 19.3 Å². The summed E-state index contributed by atoms with van der Waals surface area (Å²) in [5.74, 6) is -1.52. The molecule has 34 heavy (non-hydrogen) atoms. The molecule has 0 spiro atoms. The van der Waals surface area contributed by atoms with Crippen molar-refractivity contribution in [1.82, 2.24) is 10.2 Å². The number of nitrogens with zero attached hydrogens (tertiary/aromatic N) is 1. The minimum absolute atomic E-state index is 0.0761. The van der Waals surface area contributed by atoms with E-state index in [0.717, 1.165) is 13.8 Å². The van der Waals surface area contributed by atoms with Crippen LogP contribution >= 0.6 is 46.2 Å². The Labute approximate surface area is 209 Å². The number of furan rings is 1. The highest BCUT2D eigenvalue weighted by molar-refractivity contribution is 8.04. The number of carbonyl (C=O) groups excluding carboxylic acids is 2. The largest absolute Gasteiger partial charge is 0.477 e. The molecule has 0 saturated carbocycles. The van der Waals surface area contributed by atoms with Crippen molar-refractivity contribution in [1.29, 1.82) is 0 Å². The lowest BCUT2D eigenvalue weighted by Crippen LogP contribution is -2.70. The van der Waals surface area contributed by atoms with Gasteiger partial charge in [-0.2, -0.15) is 0 Å². The van der Waals surface area contributed by atoms with E-state index in [1.54, 1.807) is 17.6 Å². The van der Waals surface area contributed by atoms with Gasteiger partial charge in [-0.1, -0.05) is 17.8 Å². The van der Waals surface area contributed by atoms with Crippen LogP contribution in [0.25, 0.3) is 10.3 Å². The molecule has 2 aliphatic heterocycles. The molecule has 0 aromatic carbocycles. The van der Waals surface area contributed by atoms with Crippen LogP contribution in [0.4, 0.5) is 0 Å². The molecule has 5 heterocycles. The van der Waals surface area contributed by atoms with E-state index < -0.39 is 23.3 Å². The Hall–Kier alpha value is -2.80. The maximum atomic E-state index is 12.8. The predicted octanol–water partition coefficient (Wildman–Crippen LogP) is 3.50. The van der Waals surface area contributed by atoms with Gasteiger partial charge >= 0.3 is 5.97 Å². The molecule has 12 heteroatoms. The minimum atomic E-state index is -1.20. The molecule has 2 N–H and O–H groups in total. The van der Waals surface area contributed by atoms with E-state index in [9.17, 15) is 24.3 Å². The Balaban J connectivity index is 1.29. The molecule has 2 unspecified atom stereocenters. The van der Waals surface area contributed by atoms with Crippen LogP contribution in [0.5, 0.6) is 0 Å². The number of nitrogens with one attached hydrogen (secondary N) is 1. The van der Waals surface area contributed by atoms with Crippen LogP contribution in [-0.2, 0) is 20.8 Å². The van der Waals surface area contributed by atoms with E-state index in [2.05, 4.69) is 5.32 Å². The fourth-order valence-electron chi connectivity index (χ4n) is 3.68. The Kier molecular flexibility index (Phi) is 6.38. The first-order valence-corrected chi connectivity index (χ1v) is 13.6. The number of carboxylic acid groups (broad SMARTS) is 1. The number of carboxylic acids is 1. The van der Waals surface area contributed by atoms with Crippen molar-refractivity contribution in [3.05, 3.63) is 73.8 Å². The summed E-state index contributed by atoms with van der Waals surface area (Å²) in [6, 6.07) is 6.16. The predicted molar refractivity (Wildman–Crippen MR) is 133 cm³/mol. The van der Waals surface area contributed by atoms with Crippen LogP contribution < -0.4 is 10.7 Å². The highest BCUT2D eigenvalue weighted by Crippen LogP contribution is 2.41. The zero-order valence-electron chi connectivity index (χ0n) is 17.3. The number of rotatable bonds is 7. The average Bonchev–Trinajstić information content (AvgIpc) is 3.49. The van der Waals surface area contributed by atoms with E-state index in [0.29, 0.717) is 16.9 Å². The van der Waals surface area contributed by atoms with E-state index in [-0.39, 0.29) is 23.5 Å². The van der Waals surface area contributed by atoms with Crippen molar-refractivity contribution in [3.63, 3.8) is 0 Å². The molecule has 174 valence electrons. The van der Waals surface area contributed by atoms with Gasteiger partial charge < -0.3 is 14.8 Å². The van der Waals surface area contributed by atoms with Crippen molar-refractivity contribution >= 4 is 74.3 Å². The van der Waals surface area contributed by atoms with Crippen LogP contribution in [0, 0.1) is 0 Å². The second-order valence-corrected chi connectivity index (χ2v) is 11.8. The van der Waals surface area contributed by atoms with E-state index >= 15 is 0 Å². The molecule has 2 aliphatic rings. The Morgan fingerprint density at radius 3 is 2.94 bits per heavy atom. The molecule has 2 amide bonds. The molecule has 0 radical (unpaired) electrons. The molecule has 1 fully saturated rings. The van der Waals surface area contributed by atoms with Gasteiger partial charge in [0.2, 0.25) is 11.3 Å². The second kappa shape index (κ2) is 9.45. The molecule has 3 aromatic heterocycles. The van der Waals surface area contributed by atoms with Gasteiger partial charge in [0.15, 0.2) is 5.58 Å². The van der Waals surface area contributed by atoms with Crippen molar-refractivity contribution < 1.29 is 23.9 Å². The molecular weight excluding hydrogens is 517 g/mol. The smallest absolute Gasteiger partial charge is 0.352 e. The number of aliphatic carboxylic acids is 1. The number of thioether (sulfide) groups is 2. The summed E-state index contributed by atoms with van der Waals surface area (Å²) >= 11 is 5.56. The fourth-order valence-corrected chi connectivity index (χ4v) is 7.62. The quantitative estimate of drug-likeness (QED) is 0.351. The minimum Gasteiger partial charge on any atom is -0.477 e. The Bertz CT molecular complexity index is 1400. The lowest BCUT2D eigenvalue weighted by atomic mass is 10.0. The molecule has 5 rings (SSSR count). The van der Waals surface area contributed by atoms with Crippen LogP contribution in [0.1, 0.15) is 4.88 Å². The summed E-state index contributed by atoms with van der Waals surface area (Å²) in [4.78, 5) is 51.3. The van der Waals surface area contributed by atoms with Crippen LogP contribution in [0.2, 0.25) is 0 Å². The second-order valence-electron chi connectivity index (χ2n) is 7.35. The first kappa shape index (κ1) is 23.0. The number of thiophene rings is 1. The molecule has 0 aliphatic carbocycles. The van der Waals surface area contributed by atoms with Crippen LogP contribution in [-0.4, -0.2) is 45.0 Å². The van der Waals surface area contributed by atoms with Crippen molar-refractivity contribution in [3.8, 4) is 0 Å². The van der Waals surface area contributed by atoms with Gasteiger partial charge in [-0.25, -0.2) is 4.79 Å². The average molecular weight is 533 g/mol. The maximum absolute atomic E-state index is 12.8. The number of β-lactam (4-membered cyclic amide) rings is 1. The standard InChI is InChI=1S/C22H16N2O6S4/c25-13-9-16(34-14-3-5-30-19(13)14)32-7-4-11-10-33-21-17(20(27)24(21)18(11)22(28)29)23-15(26)8-12-2-1-6-31-12/h1-7,9,17,21H,8,10H2,(H,23,26)(H,28,29)/b7-4+. The Morgan fingerprint density at radius 1 is 1.32 bits per heavy atom. The van der Waals surface area contributed by atoms with Gasteiger partial charge in [0.05, 0.1) is 21.6 Å². The lowest BCUT2D eigenvalue weighted by Gasteiger charge is -2.49. The summed E-state index contributed by atoms with van der Waals surface area (Å²) < 4.78 is 6.65. The van der Waals surface area contributed by atoms with Crippen LogP contribution in [0.3, 0.4) is 0 Å². The summed E-state index contributed by atoms with van der Waals surface area (Å²) in [6.07, 6.45) is 3.31. The monoisotopic (exact) mass is 532 g/mol. The normalized spacial score (nSPS) is 20.0. The van der Waals surface area contributed by atoms with Crippen molar-refractivity contribution in [2.45, 2.75) is 22.0 Å². The summed E-state index contributed by atoms with van der Waals surface area (Å²) in [5.41, 5.74) is 0.522. The SMILES string of the molecule is O=C(Cc1cccs1)NC1C(=O)N2C(C(=O)O)=C(/C=C/Sc3cc(=O)c4occc4s3)CSC12. The van der Waals surface area contributed by atoms with E-state index in [4.69, 9.17) is 4.42 Å². The molecule has 8 nitrogen and oxygen atoms in total. The number of allylic oxidation sites excluding steroid dienone is 1. The fraction of sp³-hybridized carbons (Fsp3) is 0.182. The number of fused-ring (bicyclic) bond motifs is 2. The van der Waals surface area contributed by atoms with Gasteiger partial charge in [0, 0.05) is 16.7 Å². The molecular formula is C22H16N2O6S4. The zero-order chi connectivity index (χ0) is 23.8. The number of carbonyl (C=O) groups is 3.